The van der Waals surface area contributed by atoms with Gasteiger partial charge in [0.1, 0.15) is 6.54 Å². The molecule has 142 valence electrons. The highest BCUT2D eigenvalue weighted by Crippen LogP contribution is 2.27. The predicted molar refractivity (Wildman–Crippen MR) is 104 cm³/mol. The zero-order chi connectivity index (χ0) is 19.8. The number of amides is 2. The van der Waals surface area contributed by atoms with Crippen molar-refractivity contribution in [3.63, 3.8) is 0 Å². The lowest BCUT2D eigenvalue weighted by Gasteiger charge is -2.12. The molecule has 0 aromatic heterocycles. The molecule has 0 atom stereocenters. The van der Waals surface area contributed by atoms with Crippen LogP contribution in [0.15, 0.2) is 42.5 Å². The van der Waals surface area contributed by atoms with Gasteiger partial charge < -0.3 is 15.4 Å². The maximum atomic E-state index is 12.0. The zero-order valence-electron chi connectivity index (χ0n) is 15.2. The van der Waals surface area contributed by atoms with E-state index in [0.717, 1.165) is 16.7 Å². The number of carbonyl (C=O) groups excluding carboxylic acids is 3. The average Bonchev–Trinajstić information content (AvgIpc) is 2.62. The molecule has 2 N–H and O–H groups in total. The van der Waals surface area contributed by atoms with Gasteiger partial charge in [0.15, 0.2) is 6.61 Å². The predicted octanol–water partition coefficient (Wildman–Crippen LogP) is 2.80. The lowest BCUT2D eigenvalue weighted by atomic mass is 10.1. The molecule has 7 heteroatoms. The number of nitrogens with one attached hydrogen (secondary N) is 2. The normalized spacial score (nSPS) is 10.2. The minimum Gasteiger partial charge on any atom is -0.454 e. The first-order valence-electron chi connectivity index (χ1n) is 8.38. The lowest BCUT2D eigenvalue weighted by Crippen LogP contribution is -2.33. The summed E-state index contributed by atoms with van der Waals surface area (Å²) in [7, 11) is 0. The Morgan fingerprint density at radius 1 is 1.04 bits per heavy atom. The molecule has 27 heavy (non-hydrogen) atoms. The van der Waals surface area contributed by atoms with Crippen LogP contribution in [0.3, 0.4) is 0 Å². The van der Waals surface area contributed by atoms with E-state index in [1.807, 2.05) is 50.2 Å². The molecule has 0 aliphatic rings. The lowest BCUT2D eigenvalue weighted by molar-refractivity contribution is -0.147. The van der Waals surface area contributed by atoms with Gasteiger partial charge in [-0.3, -0.25) is 14.4 Å². The van der Waals surface area contributed by atoms with Crippen molar-refractivity contribution in [2.75, 3.05) is 18.5 Å². The maximum Gasteiger partial charge on any atom is 0.325 e. The third-order valence-corrected chi connectivity index (χ3v) is 4.00. The van der Waals surface area contributed by atoms with Crippen LogP contribution < -0.4 is 10.6 Å². The fraction of sp³-hybridized carbons (Fsp3) is 0.250. The Morgan fingerprint density at radius 3 is 2.41 bits per heavy atom. The highest BCUT2D eigenvalue weighted by molar-refractivity contribution is 6.34. The van der Waals surface area contributed by atoms with Crippen LogP contribution in [0.5, 0.6) is 0 Å². The summed E-state index contributed by atoms with van der Waals surface area (Å²) < 4.78 is 4.87. The minimum atomic E-state index is -0.696. The summed E-state index contributed by atoms with van der Waals surface area (Å²) in [5, 5.41) is 5.50. The summed E-state index contributed by atoms with van der Waals surface area (Å²) in [5.74, 6) is -1.50. The quantitative estimate of drug-likeness (QED) is 0.714. The smallest absolute Gasteiger partial charge is 0.325 e. The second-order valence-corrected chi connectivity index (χ2v) is 6.49. The third kappa shape index (κ3) is 6.75. The van der Waals surface area contributed by atoms with Crippen LogP contribution >= 0.6 is 11.6 Å². The molecule has 0 radical (unpaired) electrons. The van der Waals surface area contributed by atoms with Crippen LogP contribution in [0, 0.1) is 13.8 Å². The number of halogens is 1. The molecule has 0 heterocycles. The Morgan fingerprint density at radius 2 is 1.74 bits per heavy atom. The highest BCUT2D eigenvalue weighted by Gasteiger charge is 2.13. The fourth-order valence-electron chi connectivity index (χ4n) is 2.46. The van der Waals surface area contributed by atoms with E-state index in [9.17, 15) is 14.4 Å². The van der Waals surface area contributed by atoms with Crippen molar-refractivity contribution in [2.45, 2.75) is 20.3 Å². The summed E-state index contributed by atoms with van der Waals surface area (Å²) in [6, 6.07) is 12.8. The average molecular weight is 389 g/mol. The number of carbonyl (C=O) groups is 3. The van der Waals surface area contributed by atoms with Gasteiger partial charge in [0.05, 0.1) is 17.1 Å². The highest BCUT2D eigenvalue weighted by atomic mass is 35.5. The van der Waals surface area contributed by atoms with Crippen LogP contribution in [-0.2, 0) is 25.5 Å². The fourth-order valence-corrected chi connectivity index (χ4v) is 2.83. The summed E-state index contributed by atoms with van der Waals surface area (Å²) in [6.45, 7) is 2.96. The molecule has 6 nitrogen and oxygen atoms in total. The number of benzene rings is 2. The number of rotatable bonds is 7. The summed E-state index contributed by atoms with van der Waals surface area (Å²) in [5.41, 5.74) is 3.12. The number of aryl methyl sites for hydroxylation is 2. The molecule has 0 aliphatic heterocycles. The van der Waals surface area contributed by atoms with Gasteiger partial charge in [0.2, 0.25) is 5.91 Å². The van der Waals surface area contributed by atoms with E-state index in [0.29, 0.717) is 10.7 Å². The molecular weight excluding hydrogens is 368 g/mol. The van der Waals surface area contributed by atoms with Crippen molar-refractivity contribution >= 4 is 35.1 Å². The second kappa shape index (κ2) is 9.73. The first-order valence-corrected chi connectivity index (χ1v) is 8.76. The van der Waals surface area contributed by atoms with Gasteiger partial charge in [-0.25, -0.2) is 0 Å². The maximum absolute atomic E-state index is 12.0. The van der Waals surface area contributed by atoms with Gasteiger partial charge in [-0.15, -0.1) is 0 Å². The monoisotopic (exact) mass is 388 g/mol. The molecule has 0 unspecified atom stereocenters. The van der Waals surface area contributed by atoms with E-state index < -0.39 is 18.5 Å². The largest absolute Gasteiger partial charge is 0.454 e. The van der Waals surface area contributed by atoms with E-state index in [4.69, 9.17) is 16.3 Å². The van der Waals surface area contributed by atoms with E-state index in [1.54, 1.807) is 6.07 Å². The molecule has 2 aromatic carbocycles. The van der Waals surface area contributed by atoms with Crippen LogP contribution in [0.25, 0.3) is 0 Å². The van der Waals surface area contributed by atoms with Crippen LogP contribution in [0.1, 0.15) is 16.7 Å². The Balaban J connectivity index is 1.73. The summed E-state index contributed by atoms with van der Waals surface area (Å²) >= 11 is 6.12. The molecule has 0 fully saturated rings. The van der Waals surface area contributed by atoms with Crippen molar-refractivity contribution in [1.82, 2.24) is 5.32 Å². The van der Waals surface area contributed by atoms with Gasteiger partial charge in [0, 0.05) is 0 Å². The Kier molecular flexibility index (Phi) is 7.37. The van der Waals surface area contributed by atoms with Crippen LogP contribution in [0.2, 0.25) is 5.02 Å². The van der Waals surface area contributed by atoms with Crippen molar-refractivity contribution in [1.29, 1.82) is 0 Å². The van der Waals surface area contributed by atoms with E-state index in [1.165, 1.54) is 0 Å². The van der Waals surface area contributed by atoms with Gasteiger partial charge in [-0.05, 0) is 36.6 Å². The molecule has 0 saturated carbocycles. The number of esters is 1. The summed E-state index contributed by atoms with van der Waals surface area (Å²) in [4.78, 5) is 35.4. The van der Waals surface area contributed by atoms with Gasteiger partial charge in [-0.2, -0.15) is 0 Å². The molecular formula is C20H21ClN2O4. The Bertz CT molecular complexity index is 814. The van der Waals surface area contributed by atoms with Crippen LogP contribution in [-0.4, -0.2) is 30.9 Å². The Labute approximate surface area is 162 Å². The molecule has 0 spiro atoms. The second-order valence-electron chi connectivity index (χ2n) is 6.09. The minimum absolute atomic E-state index is 0.166. The van der Waals surface area contributed by atoms with Gasteiger partial charge in [0.25, 0.3) is 5.91 Å². The van der Waals surface area contributed by atoms with E-state index in [2.05, 4.69) is 10.6 Å². The summed E-state index contributed by atoms with van der Waals surface area (Å²) in [6.07, 6.45) is 0.166. The molecule has 0 aliphatic carbocycles. The molecule has 0 saturated heterocycles. The zero-order valence-corrected chi connectivity index (χ0v) is 15.9. The van der Waals surface area contributed by atoms with Gasteiger partial charge >= 0.3 is 5.97 Å². The van der Waals surface area contributed by atoms with Gasteiger partial charge in [-0.1, -0.05) is 48.0 Å². The topological polar surface area (TPSA) is 84.5 Å². The van der Waals surface area contributed by atoms with E-state index in [-0.39, 0.29) is 18.9 Å². The standard InChI is InChI=1S/C20H21ClN2O4/c1-13-8-14(2)20(16(21)9-13)23-18(25)12-27-19(26)11-22-17(24)10-15-6-4-3-5-7-15/h3-9H,10-12H2,1-2H3,(H,22,24)(H,23,25). The number of hydrogen-bond donors (Lipinski definition) is 2. The number of ether oxygens (including phenoxy) is 1. The molecule has 2 amide bonds. The van der Waals surface area contributed by atoms with Crippen molar-refractivity contribution in [3.8, 4) is 0 Å². The van der Waals surface area contributed by atoms with E-state index >= 15 is 0 Å². The molecule has 0 bridgehead atoms. The number of anilines is 1. The van der Waals surface area contributed by atoms with Crippen molar-refractivity contribution in [3.05, 3.63) is 64.2 Å². The molecule has 2 rings (SSSR count). The van der Waals surface area contributed by atoms with Crippen molar-refractivity contribution < 1.29 is 19.1 Å². The van der Waals surface area contributed by atoms with Crippen LogP contribution in [0.4, 0.5) is 5.69 Å². The third-order valence-electron chi connectivity index (χ3n) is 3.70. The molecule has 2 aromatic rings. The van der Waals surface area contributed by atoms with Crippen molar-refractivity contribution in [2.24, 2.45) is 0 Å². The number of hydrogen-bond acceptors (Lipinski definition) is 4. The first-order chi connectivity index (χ1) is 12.8. The SMILES string of the molecule is Cc1cc(C)c(NC(=O)COC(=O)CNC(=O)Cc2ccccc2)c(Cl)c1. The first kappa shape index (κ1) is 20.5. The Hall–Kier alpha value is -2.86.